The molecule has 3 rings (SSSR count). The minimum atomic E-state index is -3.38. The number of carbonyl (C=O) groups is 2. The van der Waals surface area contributed by atoms with Gasteiger partial charge in [0.1, 0.15) is 0 Å². The maximum absolute atomic E-state index is 12.4. The number of sulfone groups is 1. The summed E-state index contributed by atoms with van der Waals surface area (Å²) in [5.74, 6) is -0.404. The number of thioether (sulfide) groups is 1. The molecule has 0 atom stereocenters. The van der Waals surface area contributed by atoms with E-state index in [-0.39, 0.29) is 10.6 Å². The van der Waals surface area contributed by atoms with Crippen molar-refractivity contribution < 1.29 is 18.0 Å². The second-order valence-corrected chi connectivity index (χ2v) is 8.60. The van der Waals surface area contributed by atoms with E-state index in [1.165, 1.54) is 12.1 Å². The van der Waals surface area contributed by atoms with Gasteiger partial charge in [-0.1, -0.05) is 42.5 Å². The summed E-state index contributed by atoms with van der Waals surface area (Å²) in [6, 6.07) is 15.7. The standard InChI is InChI=1S/C18H15NO4S2/c20-17-16(24-18(21)19-17)12-14-6-8-15(9-7-14)25(22,23)11-10-13-4-2-1-3-5-13/h1-9,12H,10-11H2,(H,19,20,21)/b16-12+. The van der Waals surface area contributed by atoms with Crippen LogP contribution >= 0.6 is 11.8 Å². The summed E-state index contributed by atoms with van der Waals surface area (Å²) in [4.78, 5) is 23.2. The van der Waals surface area contributed by atoms with Gasteiger partial charge in [0.2, 0.25) is 0 Å². The average molecular weight is 373 g/mol. The number of nitrogens with one attached hydrogen (secondary N) is 1. The molecule has 2 aromatic carbocycles. The number of rotatable bonds is 5. The van der Waals surface area contributed by atoms with Crippen molar-refractivity contribution in [2.24, 2.45) is 0 Å². The van der Waals surface area contributed by atoms with E-state index in [1.807, 2.05) is 30.3 Å². The summed E-state index contributed by atoms with van der Waals surface area (Å²) in [6.07, 6.45) is 2.01. The lowest BCUT2D eigenvalue weighted by Gasteiger charge is -2.05. The van der Waals surface area contributed by atoms with E-state index in [2.05, 4.69) is 5.32 Å². The Balaban J connectivity index is 1.72. The first kappa shape index (κ1) is 17.4. The van der Waals surface area contributed by atoms with Gasteiger partial charge in [-0.25, -0.2) is 8.42 Å². The van der Waals surface area contributed by atoms with Crippen LogP contribution in [0, 0.1) is 0 Å². The topological polar surface area (TPSA) is 80.3 Å². The first-order chi connectivity index (χ1) is 11.9. The molecule has 5 nitrogen and oxygen atoms in total. The molecule has 0 saturated carbocycles. The fourth-order valence-corrected chi connectivity index (χ4v) is 4.33. The molecule has 0 bridgehead atoms. The quantitative estimate of drug-likeness (QED) is 0.815. The Morgan fingerprint density at radius 3 is 2.24 bits per heavy atom. The number of imide groups is 1. The first-order valence-electron chi connectivity index (χ1n) is 7.56. The van der Waals surface area contributed by atoms with E-state index < -0.39 is 21.0 Å². The molecule has 1 heterocycles. The molecule has 1 aliphatic rings. The van der Waals surface area contributed by atoms with E-state index in [1.54, 1.807) is 18.2 Å². The normalized spacial score (nSPS) is 16.2. The highest BCUT2D eigenvalue weighted by Gasteiger charge is 2.25. The molecule has 0 aromatic heterocycles. The van der Waals surface area contributed by atoms with Crippen molar-refractivity contribution in [3.8, 4) is 0 Å². The van der Waals surface area contributed by atoms with Crippen LogP contribution in [0.3, 0.4) is 0 Å². The highest BCUT2D eigenvalue weighted by Crippen LogP contribution is 2.26. The van der Waals surface area contributed by atoms with Gasteiger partial charge in [0.05, 0.1) is 15.6 Å². The molecule has 2 aromatic rings. The predicted octanol–water partition coefficient (Wildman–Crippen LogP) is 3.03. The van der Waals surface area contributed by atoms with Crippen molar-refractivity contribution in [2.45, 2.75) is 11.3 Å². The van der Waals surface area contributed by atoms with Crippen molar-refractivity contribution >= 4 is 38.8 Å². The Morgan fingerprint density at radius 2 is 1.64 bits per heavy atom. The third-order valence-electron chi connectivity index (χ3n) is 3.68. The minimum Gasteiger partial charge on any atom is -0.282 e. The summed E-state index contributed by atoms with van der Waals surface area (Å²) in [5, 5.41) is 1.77. The summed E-state index contributed by atoms with van der Waals surface area (Å²) in [6.45, 7) is 0. The van der Waals surface area contributed by atoms with E-state index in [0.717, 1.165) is 17.3 Å². The molecule has 0 unspecified atom stereocenters. The number of hydrogen-bond donors (Lipinski definition) is 1. The van der Waals surface area contributed by atoms with E-state index in [0.29, 0.717) is 16.9 Å². The maximum atomic E-state index is 12.4. The number of amides is 2. The molecular formula is C18H15NO4S2. The summed E-state index contributed by atoms with van der Waals surface area (Å²) < 4.78 is 24.9. The van der Waals surface area contributed by atoms with Crippen LogP contribution in [0.1, 0.15) is 11.1 Å². The molecule has 1 saturated heterocycles. The zero-order valence-corrected chi connectivity index (χ0v) is 14.8. The second-order valence-electron chi connectivity index (χ2n) is 5.48. The van der Waals surface area contributed by atoms with Crippen LogP contribution in [0.25, 0.3) is 6.08 Å². The van der Waals surface area contributed by atoms with Gasteiger partial charge in [0.15, 0.2) is 9.84 Å². The lowest BCUT2D eigenvalue weighted by atomic mass is 10.2. The van der Waals surface area contributed by atoms with Crippen molar-refractivity contribution in [3.63, 3.8) is 0 Å². The van der Waals surface area contributed by atoms with E-state index in [9.17, 15) is 18.0 Å². The van der Waals surface area contributed by atoms with Crippen molar-refractivity contribution in [3.05, 3.63) is 70.6 Å². The van der Waals surface area contributed by atoms with Crippen LogP contribution < -0.4 is 5.32 Å². The lowest BCUT2D eigenvalue weighted by molar-refractivity contribution is -0.115. The molecule has 1 aliphatic heterocycles. The monoisotopic (exact) mass is 373 g/mol. The lowest BCUT2D eigenvalue weighted by Crippen LogP contribution is -2.17. The zero-order chi connectivity index (χ0) is 17.9. The number of aryl methyl sites for hydroxylation is 1. The Hall–Kier alpha value is -2.38. The van der Waals surface area contributed by atoms with Crippen molar-refractivity contribution in [1.82, 2.24) is 5.32 Å². The zero-order valence-electron chi connectivity index (χ0n) is 13.1. The fourth-order valence-electron chi connectivity index (χ4n) is 2.36. The van der Waals surface area contributed by atoms with Crippen LogP contribution in [0.15, 0.2) is 64.4 Å². The molecule has 1 fully saturated rings. The highest BCUT2D eigenvalue weighted by molar-refractivity contribution is 8.18. The molecule has 128 valence electrons. The number of carbonyl (C=O) groups excluding carboxylic acids is 2. The number of benzene rings is 2. The largest absolute Gasteiger partial charge is 0.290 e. The molecule has 25 heavy (non-hydrogen) atoms. The molecule has 2 amide bonds. The van der Waals surface area contributed by atoms with Gasteiger partial charge in [-0.05, 0) is 47.5 Å². The van der Waals surface area contributed by atoms with Crippen LogP contribution in [0.5, 0.6) is 0 Å². The average Bonchev–Trinajstić information content (AvgIpc) is 2.92. The summed E-state index contributed by atoms with van der Waals surface area (Å²) >= 11 is 0.827. The van der Waals surface area contributed by atoms with Gasteiger partial charge < -0.3 is 0 Å². The third-order valence-corrected chi connectivity index (χ3v) is 6.22. The smallest absolute Gasteiger partial charge is 0.282 e. The van der Waals surface area contributed by atoms with Crippen LogP contribution in [-0.2, 0) is 21.1 Å². The third kappa shape index (κ3) is 4.37. The van der Waals surface area contributed by atoms with Gasteiger partial charge in [0.25, 0.3) is 11.1 Å². The first-order valence-corrected chi connectivity index (χ1v) is 10.0. The van der Waals surface area contributed by atoms with Crippen LogP contribution in [0.2, 0.25) is 0 Å². The van der Waals surface area contributed by atoms with E-state index in [4.69, 9.17) is 0 Å². The van der Waals surface area contributed by atoms with Gasteiger partial charge in [-0.2, -0.15) is 0 Å². The molecule has 0 aliphatic carbocycles. The highest BCUT2D eigenvalue weighted by atomic mass is 32.2. The SMILES string of the molecule is O=C1NC(=O)/C(=C\c2ccc(S(=O)(=O)CCc3ccccc3)cc2)S1. The fraction of sp³-hybridized carbons (Fsp3) is 0.111. The van der Waals surface area contributed by atoms with Crippen LogP contribution in [0.4, 0.5) is 4.79 Å². The van der Waals surface area contributed by atoms with Crippen molar-refractivity contribution in [1.29, 1.82) is 0 Å². The molecule has 7 heteroatoms. The van der Waals surface area contributed by atoms with Crippen molar-refractivity contribution in [2.75, 3.05) is 5.75 Å². The Kier molecular flexibility index (Phi) is 5.06. The summed E-state index contributed by atoms with van der Waals surface area (Å²) in [5.41, 5.74) is 1.63. The minimum absolute atomic E-state index is 0.0320. The number of hydrogen-bond acceptors (Lipinski definition) is 5. The van der Waals surface area contributed by atoms with Crippen LogP contribution in [-0.4, -0.2) is 25.3 Å². The summed E-state index contributed by atoms with van der Waals surface area (Å²) in [7, 11) is -3.38. The maximum Gasteiger partial charge on any atom is 0.290 e. The van der Waals surface area contributed by atoms with Gasteiger partial charge in [-0.3, -0.25) is 14.9 Å². The Bertz CT molecular complexity index is 933. The molecular weight excluding hydrogens is 358 g/mol. The predicted molar refractivity (Wildman–Crippen MR) is 97.7 cm³/mol. The molecule has 1 N–H and O–H groups in total. The Morgan fingerprint density at radius 1 is 0.960 bits per heavy atom. The Labute approximate surface area is 150 Å². The second kappa shape index (κ2) is 7.25. The van der Waals surface area contributed by atoms with Gasteiger partial charge in [-0.15, -0.1) is 0 Å². The van der Waals surface area contributed by atoms with Gasteiger partial charge in [0, 0.05) is 0 Å². The van der Waals surface area contributed by atoms with E-state index >= 15 is 0 Å². The molecule has 0 radical (unpaired) electrons. The van der Waals surface area contributed by atoms with Gasteiger partial charge >= 0.3 is 0 Å². The molecule has 0 spiro atoms.